The van der Waals surface area contributed by atoms with Gasteiger partial charge in [0.05, 0.1) is 22.6 Å². The SMILES string of the molecule is CCN(c1ccc2sc(C(=O)N3CCCCC3)cc2c1)S(=O)(=O)c1ccc(OC)cc1. The highest BCUT2D eigenvalue weighted by Gasteiger charge is 2.25. The average molecular weight is 459 g/mol. The zero-order valence-corrected chi connectivity index (χ0v) is 19.3. The van der Waals surface area contributed by atoms with Crippen molar-refractivity contribution in [1.29, 1.82) is 0 Å². The van der Waals surface area contributed by atoms with Gasteiger partial charge in [-0.05, 0) is 80.1 Å². The Hall–Kier alpha value is -2.58. The fraction of sp³-hybridized carbons (Fsp3) is 0.348. The topological polar surface area (TPSA) is 66.9 Å². The van der Waals surface area contributed by atoms with Gasteiger partial charge in [0.2, 0.25) is 0 Å². The second-order valence-corrected chi connectivity index (χ2v) is 10.5. The molecule has 0 N–H and O–H groups in total. The van der Waals surface area contributed by atoms with Gasteiger partial charge in [-0.15, -0.1) is 11.3 Å². The third-order valence-electron chi connectivity index (χ3n) is 5.58. The number of nitrogens with zero attached hydrogens (tertiary/aromatic N) is 2. The van der Waals surface area contributed by atoms with Crippen LogP contribution in [0.1, 0.15) is 35.9 Å². The maximum absolute atomic E-state index is 13.2. The second kappa shape index (κ2) is 8.88. The Morgan fingerprint density at radius 1 is 1.06 bits per heavy atom. The molecule has 0 bridgehead atoms. The number of piperidine rings is 1. The summed E-state index contributed by atoms with van der Waals surface area (Å²) in [6.45, 7) is 3.72. The van der Waals surface area contributed by atoms with Gasteiger partial charge < -0.3 is 9.64 Å². The Kier molecular flexibility index (Phi) is 6.20. The molecule has 0 unspecified atom stereocenters. The molecule has 0 spiro atoms. The molecule has 31 heavy (non-hydrogen) atoms. The Bertz CT molecular complexity index is 1180. The van der Waals surface area contributed by atoms with Gasteiger partial charge in [0, 0.05) is 24.3 Å². The van der Waals surface area contributed by atoms with Crippen molar-refractivity contribution >= 4 is 43.0 Å². The molecular formula is C23H26N2O4S2. The Morgan fingerprint density at radius 3 is 2.42 bits per heavy atom. The number of likely N-dealkylation sites (tertiary alicyclic amines) is 1. The number of carbonyl (C=O) groups excluding carboxylic acids is 1. The van der Waals surface area contributed by atoms with E-state index < -0.39 is 10.0 Å². The lowest BCUT2D eigenvalue weighted by Crippen LogP contribution is -2.35. The van der Waals surface area contributed by atoms with Crippen molar-refractivity contribution in [3.63, 3.8) is 0 Å². The van der Waals surface area contributed by atoms with Gasteiger partial charge >= 0.3 is 0 Å². The highest BCUT2D eigenvalue weighted by molar-refractivity contribution is 7.92. The highest BCUT2D eigenvalue weighted by atomic mass is 32.2. The number of thiophene rings is 1. The fourth-order valence-electron chi connectivity index (χ4n) is 3.91. The Labute approximate surface area is 187 Å². The van der Waals surface area contributed by atoms with Crippen molar-refractivity contribution in [2.75, 3.05) is 31.0 Å². The van der Waals surface area contributed by atoms with Gasteiger partial charge in [0.1, 0.15) is 5.75 Å². The number of benzene rings is 2. The molecule has 0 atom stereocenters. The summed E-state index contributed by atoms with van der Waals surface area (Å²) in [6.07, 6.45) is 3.28. The first-order valence-corrected chi connectivity index (χ1v) is 12.7. The summed E-state index contributed by atoms with van der Waals surface area (Å²) in [5.41, 5.74) is 0.584. The van der Waals surface area contributed by atoms with E-state index in [2.05, 4.69) is 0 Å². The van der Waals surface area contributed by atoms with Gasteiger partial charge in [0.15, 0.2) is 0 Å². The van der Waals surface area contributed by atoms with Crippen LogP contribution in [0.2, 0.25) is 0 Å². The molecule has 1 aliphatic heterocycles. The van der Waals surface area contributed by atoms with Crippen molar-refractivity contribution in [2.45, 2.75) is 31.1 Å². The van der Waals surface area contributed by atoms with Gasteiger partial charge in [0.25, 0.3) is 15.9 Å². The molecule has 1 aromatic heterocycles. The van der Waals surface area contributed by atoms with E-state index in [1.165, 1.54) is 22.1 Å². The summed E-state index contributed by atoms with van der Waals surface area (Å²) >= 11 is 1.46. The molecule has 0 radical (unpaired) electrons. The molecule has 3 aromatic rings. The van der Waals surface area contributed by atoms with Gasteiger partial charge in [-0.3, -0.25) is 9.10 Å². The van der Waals surface area contributed by atoms with E-state index in [1.54, 1.807) is 37.4 Å². The molecular weight excluding hydrogens is 432 g/mol. The Morgan fingerprint density at radius 2 is 1.77 bits per heavy atom. The van der Waals surface area contributed by atoms with Crippen molar-refractivity contribution in [2.24, 2.45) is 0 Å². The van der Waals surface area contributed by atoms with E-state index in [1.807, 2.05) is 30.0 Å². The molecule has 1 fully saturated rings. The molecule has 0 aliphatic carbocycles. The van der Waals surface area contributed by atoms with Crippen molar-refractivity contribution < 1.29 is 17.9 Å². The first-order valence-electron chi connectivity index (χ1n) is 10.4. The maximum Gasteiger partial charge on any atom is 0.264 e. The number of ether oxygens (including phenoxy) is 1. The third-order valence-corrected chi connectivity index (χ3v) is 8.60. The van der Waals surface area contributed by atoms with E-state index in [4.69, 9.17) is 4.74 Å². The van der Waals surface area contributed by atoms with Crippen LogP contribution in [0.25, 0.3) is 10.1 Å². The van der Waals surface area contributed by atoms with Crippen molar-refractivity contribution in [3.8, 4) is 5.75 Å². The standard InChI is InChI=1S/C23H26N2O4S2/c1-3-25(31(27,28)20-10-8-19(29-2)9-11-20)18-7-12-21-17(15-18)16-22(30-21)23(26)24-13-5-4-6-14-24/h7-12,15-16H,3-6,13-14H2,1-2H3. The number of rotatable bonds is 6. The quantitative estimate of drug-likeness (QED) is 0.535. The molecule has 4 rings (SSSR count). The summed E-state index contributed by atoms with van der Waals surface area (Å²) < 4.78 is 34.0. The maximum atomic E-state index is 13.2. The van der Waals surface area contributed by atoms with Crippen molar-refractivity contribution in [3.05, 3.63) is 53.4 Å². The lowest BCUT2D eigenvalue weighted by molar-refractivity contribution is 0.0729. The zero-order chi connectivity index (χ0) is 22.0. The summed E-state index contributed by atoms with van der Waals surface area (Å²) in [4.78, 5) is 15.7. The lowest BCUT2D eigenvalue weighted by Gasteiger charge is -2.26. The van der Waals surface area contributed by atoms with Crippen LogP contribution in [0.4, 0.5) is 5.69 Å². The van der Waals surface area contributed by atoms with E-state index in [-0.39, 0.29) is 10.8 Å². The predicted octanol–water partition coefficient (Wildman–Crippen LogP) is 4.75. The number of fused-ring (bicyclic) bond motifs is 1. The molecule has 1 amide bonds. The van der Waals surface area contributed by atoms with E-state index in [0.29, 0.717) is 22.9 Å². The summed E-state index contributed by atoms with van der Waals surface area (Å²) in [6, 6.07) is 13.8. The number of hydrogen-bond acceptors (Lipinski definition) is 5. The van der Waals surface area contributed by atoms with Crippen LogP contribution in [0.15, 0.2) is 53.4 Å². The van der Waals surface area contributed by atoms with Crippen molar-refractivity contribution in [1.82, 2.24) is 4.90 Å². The van der Waals surface area contributed by atoms with Crippen LogP contribution < -0.4 is 9.04 Å². The number of methoxy groups -OCH3 is 1. The predicted molar refractivity (Wildman–Crippen MR) is 125 cm³/mol. The second-order valence-electron chi connectivity index (χ2n) is 7.53. The smallest absolute Gasteiger partial charge is 0.264 e. The molecule has 164 valence electrons. The van der Waals surface area contributed by atoms with Crippen LogP contribution in [-0.2, 0) is 10.0 Å². The third kappa shape index (κ3) is 4.27. The van der Waals surface area contributed by atoms with Crippen LogP contribution in [0.3, 0.4) is 0 Å². The monoisotopic (exact) mass is 458 g/mol. The van der Waals surface area contributed by atoms with Crippen LogP contribution >= 0.6 is 11.3 Å². The number of amides is 1. The minimum Gasteiger partial charge on any atom is -0.497 e. The van der Waals surface area contributed by atoms with E-state index in [0.717, 1.165) is 36.0 Å². The lowest BCUT2D eigenvalue weighted by atomic mass is 10.1. The number of sulfonamides is 1. The number of hydrogen-bond donors (Lipinski definition) is 0. The first kappa shape index (κ1) is 21.6. The summed E-state index contributed by atoms with van der Waals surface area (Å²) in [5.74, 6) is 0.674. The summed E-state index contributed by atoms with van der Waals surface area (Å²) in [5, 5.41) is 0.881. The Balaban J connectivity index is 1.65. The average Bonchev–Trinajstić information content (AvgIpc) is 3.23. The van der Waals surface area contributed by atoms with E-state index >= 15 is 0 Å². The van der Waals surface area contributed by atoms with Crippen LogP contribution in [-0.4, -0.2) is 46.0 Å². The first-order chi connectivity index (χ1) is 14.9. The van der Waals surface area contributed by atoms with E-state index in [9.17, 15) is 13.2 Å². The van der Waals surface area contributed by atoms with Gasteiger partial charge in [-0.2, -0.15) is 0 Å². The van der Waals surface area contributed by atoms with Gasteiger partial charge in [-0.25, -0.2) is 8.42 Å². The normalized spacial score (nSPS) is 14.6. The van der Waals surface area contributed by atoms with Crippen LogP contribution in [0, 0.1) is 0 Å². The number of anilines is 1. The molecule has 2 heterocycles. The fourth-order valence-corrected chi connectivity index (χ4v) is 6.39. The molecule has 0 saturated carbocycles. The molecule has 2 aromatic carbocycles. The minimum absolute atomic E-state index is 0.0700. The molecule has 6 nitrogen and oxygen atoms in total. The highest BCUT2D eigenvalue weighted by Crippen LogP contribution is 2.33. The molecule has 1 saturated heterocycles. The number of carbonyl (C=O) groups is 1. The van der Waals surface area contributed by atoms with Gasteiger partial charge in [-0.1, -0.05) is 0 Å². The molecule has 1 aliphatic rings. The van der Waals surface area contributed by atoms with Crippen LogP contribution in [0.5, 0.6) is 5.75 Å². The zero-order valence-electron chi connectivity index (χ0n) is 17.7. The minimum atomic E-state index is -3.72. The largest absolute Gasteiger partial charge is 0.497 e. The molecule has 8 heteroatoms. The summed E-state index contributed by atoms with van der Waals surface area (Å²) in [7, 11) is -2.17.